The molecule has 4 heteroatoms. The molecular weight excluding hydrogens is 184 g/mol. The van der Waals surface area contributed by atoms with Gasteiger partial charge in [0.25, 0.3) is 0 Å². The Balaban J connectivity index is 2.50. The molecule has 0 aliphatic carbocycles. The third-order valence-corrected chi connectivity index (χ3v) is 2.15. The molecule has 1 aliphatic rings. The molecule has 1 rings (SSSR count). The number of carbonyl (C=O) groups excluding carboxylic acids is 1. The van der Waals surface area contributed by atoms with E-state index >= 15 is 0 Å². The fourth-order valence-electron chi connectivity index (χ4n) is 1.77. The molecule has 0 amide bonds. The number of hydrogen-bond acceptors (Lipinski definition) is 4. The SMILES string of the molecule is COC(=O)CC1CC(C)OC(C)(C)O1. The van der Waals surface area contributed by atoms with Gasteiger partial charge in [0, 0.05) is 6.42 Å². The van der Waals surface area contributed by atoms with E-state index in [0.29, 0.717) is 6.42 Å². The minimum Gasteiger partial charge on any atom is -0.469 e. The third-order valence-electron chi connectivity index (χ3n) is 2.15. The lowest BCUT2D eigenvalue weighted by molar-refractivity contribution is -0.296. The van der Waals surface area contributed by atoms with Crippen LogP contribution in [-0.2, 0) is 19.0 Å². The number of esters is 1. The van der Waals surface area contributed by atoms with Gasteiger partial charge in [0.05, 0.1) is 25.7 Å². The van der Waals surface area contributed by atoms with E-state index in [9.17, 15) is 4.79 Å². The average molecular weight is 202 g/mol. The van der Waals surface area contributed by atoms with Gasteiger partial charge in [-0.2, -0.15) is 0 Å². The molecule has 2 atom stereocenters. The van der Waals surface area contributed by atoms with Crippen LogP contribution in [0.25, 0.3) is 0 Å². The molecule has 14 heavy (non-hydrogen) atoms. The van der Waals surface area contributed by atoms with Crippen molar-refractivity contribution >= 4 is 5.97 Å². The van der Waals surface area contributed by atoms with Crippen LogP contribution in [0.1, 0.15) is 33.6 Å². The standard InChI is InChI=1S/C10H18O4/c1-7-5-8(6-9(11)12-4)14-10(2,3)13-7/h7-8H,5-6H2,1-4H3. The normalized spacial score (nSPS) is 31.1. The lowest BCUT2D eigenvalue weighted by Crippen LogP contribution is -2.44. The van der Waals surface area contributed by atoms with Crippen molar-refractivity contribution in [1.82, 2.24) is 0 Å². The van der Waals surface area contributed by atoms with Gasteiger partial charge in [-0.15, -0.1) is 0 Å². The van der Waals surface area contributed by atoms with Crippen LogP contribution in [0.15, 0.2) is 0 Å². The second-order valence-electron chi connectivity index (χ2n) is 4.08. The van der Waals surface area contributed by atoms with Crippen molar-refractivity contribution in [3.05, 3.63) is 0 Å². The highest BCUT2D eigenvalue weighted by Crippen LogP contribution is 2.27. The maximum atomic E-state index is 11.1. The van der Waals surface area contributed by atoms with Crippen LogP contribution in [-0.4, -0.2) is 31.1 Å². The van der Waals surface area contributed by atoms with E-state index in [0.717, 1.165) is 6.42 Å². The fraction of sp³-hybridized carbons (Fsp3) is 0.900. The van der Waals surface area contributed by atoms with Crippen molar-refractivity contribution in [3.8, 4) is 0 Å². The monoisotopic (exact) mass is 202 g/mol. The molecule has 0 aromatic rings. The Kier molecular flexibility index (Phi) is 3.50. The topological polar surface area (TPSA) is 44.8 Å². The number of ether oxygens (including phenoxy) is 3. The molecular formula is C10H18O4. The van der Waals surface area contributed by atoms with Gasteiger partial charge in [-0.05, 0) is 20.8 Å². The van der Waals surface area contributed by atoms with Crippen molar-refractivity contribution in [2.24, 2.45) is 0 Å². The Hall–Kier alpha value is -0.610. The first-order chi connectivity index (χ1) is 6.43. The maximum absolute atomic E-state index is 11.1. The first kappa shape index (κ1) is 11.5. The lowest BCUT2D eigenvalue weighted by atomic mass is 10.1. The van der Waals surface area contributed by atoms with Crippen molar-refractivity contribution < 1.29 is 19.0 Å². The van der Waals surface area contributed by atoms with Crippen LogP contribution in [0.2, 0.25) is 0 Å². The second kappa shape index (κ2) is 4.28. The molecule has 4 nitrogen and oxygen atoms in total. The van der Waals surface area contributed by atoms with Gasteiger partial charge >= 0.3 is 5.97 Å². The summed E-state index contributed by atoms with van der Waals surface area (Å²) in [6, 6.07) is 0. The Morgan fingerprint density at radius 3 is 2.64 bits per heavy atom. The molecule has 1 heterocycles. The summed E-state index contributed by atoms with van der Waals surface area (Å²) in [5, 5.41) is 0. The van der Waals surface area contributed by atoms with Gasteiger partial charge in [0.15, 0.2) is 5.79 Å². The smallest absolute Gasteiger partial charge is 0.308 e. The summed E-state index contributed by atoms with van der Waals surface area (Å²) in [4.78, 5) is 11.1. The fourth-order valence-corrected chi connectivity index (χ4v) is 1.77. The largest absolute Gasteiger partial charge is 0.469 e. The zero-order valence-corrected chi connectivity index (χ0v) is 9.20. The molecule has 0 bridgehead atoms. The van der Waals surface area contributed by atoms with Crippen LogP contribution >= 0.6 is 0 Å². The van der Waals surface area contributed by atoms with Gasteiger partial charge in [-0.1, -0.05) is 0 Å². The first-order valence-electron chi connectivity index (χ1n) is 4.85. The second-order valence-corrected chi connectivity index (χ2v) is 4.08. The molecule has 82 valence electrons. The van der Waals surface area contributed by atoms with Gasteiger partial charge in [-0.25, -0.2) is 0 Å². The molecule has 0 aromatic carbocycles. The third kappa shape index (κ3) is 3.27. The number of carbonyl (C=O) groups is 1. The van der Waals surface area contributed by atoms with Gasteiger partial charge < -0.3 is 14.2 Å². The minimum absolute atomic E-state index is 0.0961. The summed E-state index contributed by atoms with van der Waals surface area (Å²) in [5.41, 5.74) is 0. The van der Waals surface area contributed by atoms with Gasteiger partial charge in [0.1, 0.15) is 0 Å². The van der Waals surface area contributed by atoms with Crippen LogP contribution in [0, 0.1) is 0 Å². The molecule has 0 aromatic heterocycles. The minimum atomic E-state index is -0.601. The summed E-state index contributed by atoms with van der Waals surface area (Å²) < 4.78 is 15.7. The molecule has 2 unspecified atom stereocenters. The highest BCUT2D eigenvalue weighted by Gasteiger charge is 2.34. The molecule has 0 radical (unpaired) electrons. The number of hydrogen-bond donors (Lipinski definition) is 0. The van der Waals surface area contributed by atoms with Crippen molar-refractivity contribution in [2.75, 3.05) is 7.11 Å². The van der Waals surface area contributed by atoms with E-state index in [2.05, 4.69) is 4.74 Å². The maximum Gasteiger partial charge on any atom is 0.308 e. The number of methoxy groups -OCH3 is 1. The number of rotatable bonds is 2. The summed E-state index contributed by atoms with van der Waals surface area (Å²) in [5.74, 6) is -0.837. The van der Waals surface area contributed by atoms with E-state index in [-0.39, 0.29) is 18.2 Å². The Labute approximate surface area is 84.5 Å². The molecule has 1 saturated heterocycles. The Morgan fingerprint density at radius 1 is 1.50 bits per heavy atom. The Morgan fingerprint density at radius 2 is 2.14 bits per heavy atom. The first-order valence-corrected chi connectivity index (χ1v) is 4.85. The summed E-state index contributed by atoms with van der Waals surface area (Å²) in [6.45, 7) is 5.69. The predicted molar refractivity (Wildman–Crippen MR) is 50.7 cm³/mol. The predicted octanol–water partition coefficient (Wildman–Crippen LogP) is 1.48. The van der Waals surface area contributed by atoms with E-state index in [1.165, 1.54) is 7.11 Å². The zero-order valence-electron chi connectivity index (χ0n) is 9.20. The van der Waals surface area contributed by atoms with Crippen molar-refractivity contribution in [3.63, 3.8) is 0 Å². The van der Waals surface area contributed by atoms with Crippen LogP contribution < -0.4 is 0 Å². The summed E-state index contributed by atoms with van der Waals surface area (Å²) in [7, 11) is 1.39. The van der Waals surface area contributed by atoms with E-state index in [1.54, 1.807) is 0 Å². The lowest BCUT2D eigenvalue weighted by Gasteiger charge is -2.39. The molecule has 1 fully saturated rings. The van der Waals surface area contributed by atoms with E-state index in [4.69, 9.17) is 9.47 Å². The van der Waals surface area contributed by atoms with Crippen molar-refractivity contribution in [2.45, 2.75) is 51.6 Å². The Bertz CT molecular complexity index is 212. The van der Waals surface area contributed by atoms with Gasteiger partial charge in [-0.3, -0.25) is 4.79 Å². The van der Waals surface area contributed by atoms with Crippen molar-refractivity contribution in [1.29, 1.82) is 0 Å². The molecule has 0 saturated carbocycles. The van der Waals surface area contributed by atoms with Crippen LogP contribution in [0.5, 0.6) is 0 Å². The van der Waals surface area contributed by atoms with E-state index in [1.807, 2.05) is 20.8 Å². The molecule has 0 N–H and O–H groups in total. The van der Waals surface area contributed by atoms with Crippen LogP contribution in [0.4, 0.5) is 0 Å². The van der Waals surface area contributed by atoms with Gasteiger partial charge in [0.2, 0.25) is 0 Å². The quantitative estimate of drug-likeness (QED) is 0.636. The molecule has 1 aliphatic heterocycles. The molecule has 0 spiro atoms. The highest BCUT2D eigenvalue weighted by molar-refractivity contribution is 5.69. The summed E-state index contributed by atoms with van der Waals surface area (Å²) >= 11 is 0. The van der Waals surface area contributed by atoms with E-state index < -0.39 is 5.79 Å². The highest BCUT2D eigenvalue weighted by atomic mass is 16.7. The van der Waals surface area contributed by atoms with Crippen LogP contribution in [0.3, 0.4) is 0 Å². The summed E-state index contributed by atoms with van der Waals surface area (Å²) in [6.07, 6.45) is 1.06. The zero-order chi connectivity index (χ0) is 10.8. The average Bonchev–Trinajstić information content (AvgIpc) is 1.99.